The number of carbonyl (C=O) groups is 1. The van der Waals surface area contributed by atoms with Crippen LogP contribution in [0, 0.1) is 5.82 Å². The zero-order valence-electron chi connectivity index (χ0n) is 10.3. The number of aromatic nitrogens is 3. The van der Waals surface area contributed by atoms with Gasteiger partial charge in [0.25, 0.3) is 0 Å². The van der Waals surface area contributed by atoms with Gasteiger partial charge in [0.15, 0.2) is 11.5 Å². The SMILES string of the molecule is O=C(O)c1ccc(Sc2nnc3ccccn23)c(F)c1Br. The molecule has 0 aliphatic rings. The number of carboxylic acids is 1. The molecule has 106 valence electrons. The number of pyridine rings is 1. The zero-order valence-corrected chi connectivity index (χ0v) is 12.7. The van der Waals surface area contributed by atoms with Gasteiger partial charge in [-0.15, -0.1) is 10.2 Å². The van der Waals surface area contributed by atoms with Crippen LogP contribution >= 0.6 is 27.7 Å². The highest BCUT2D eigenvalue weighted by Crippen LogP contribution is 2.33. The number of hydrogen-bond donors (Lipinski definition) is 1. The van der Waals surface area contributed by atoms with Gasteiger partial charge >= 0.3 is 5.97 Å². The van der Waals surface area contributed by atoms with Crippen LogP contribution in [-0.2, 0) is 0 Å². The summed E-state index contributed by atoms with van der Waals surface area (Å²) in [5.74, 6) is -1.82. The van der Waals surface area contributed by atoms with E-state index in [2.05, 4.69) is 26.1 Å². The Hall–Kier alpha value is -1.93. The van der Waals surface area contributed by atoms with Crippen molar-refractivity contribution in [3.63, 3.8) is 0 Å². The van der Waals surface area contributed by atoms with Gasteiger partial charge in [0.2, 0.25) is 5.16 Å². The summed E-state index contributed by atoms with van der Waals surface area (Å²) in [6.45, 7) is 0. The number of aromatic carboxylic acids is 1. The summed E-state index contributed by atoms with van der Waals surface area (Å²) >= 11 is 4.05. The van der Waals surface area contributed by atoms with Crippen molar-refractivity contribution >= 4 is 39.3 Å². The second kappa shape index (κ2) is 5.45. The minimum absolute atomic E-state index is 0.0752. The van der Waals surface area contributed by atoms with E-state index in [1.54, 1.807) is 16.7 Å². The van der Waals surface area contributed by atoms with Crippen LogP contribution in [0.5, 0.6) is 0 Å². The Morgan fingerprint density at radius 3 is 2.86 bits per heavy atom. The summed E-state index contributed by atoms with van der Waals surface area (Å²) in [5.41, 5.74) is 0.532. The average Bonchev–Trinajstić information content (AvgIpc) is 2.87. The quantitative estimate of drug-likeness (QED) is 0.767. The van der Waals surface area contributed by atoms with E-state index in [1.165, 1.54) is 12.1 Å². The van der Waals surface area contributed by atoms with Crippen molar-refractivity contribution in [1.29, 1.82) is 0 Å². The lowest BCUT2D eigenvalue weighted by Gasteiger charge is -2.06. The first-order valence-electron chi connectivity index (χ1n) is 5.77. The molecule has 0 unspecified atom stereocenters. The lowest BCUT2D eigenvalue weighted by atomic mass is 10.2. The first-order valence-corrected chi connectivity index (χ1v) is 7.38. The number of halogens is 2. The van der Waals surface area contributed by atoms with Gasteiger partial charge in [0.05, 0.1) is 14.9 Å². The van der Waals surface area contributed by atoms with E-state index in [0.29, 0.717) is 10.8 Å². The van der Waals surface area contributed by atoms with Crippen LogP contribution in [0.3, 0.4) is 0 Å². The smallest absolute Gasteiger partial charge is 0.336 e. The molecule has 3 aromatic rings. The lowest BCUT2D eigenvalue weighted by molar-refractivity contribution is 0.0695. The number of hydrogen-bond acceptors (Lipinski definition) is 4. The second-order valence-corrected chi connectivity index (χ2v) is 5.86. The van der Waals surface area contributed by atoms with Gasteiger partial charge in [0.1, 0.15) is 0 Å². The molecule has 0 atom stereocenters. The standard InChI is InChI=1S/C13H7BrFN3O2S/c14-10-7(12(19)20)4-5-8(11(10)15)21-13-17-16-9-3-1-2-6-18(9)13/h1-6H,(H,19,20). The van der Waals surface area contributed by atoms with Crippen LogP contribution in [0.2, 0.25) is 0 Å². The Morgan fingerprint density at radius 1 is 1.29 bits per heavy atom. The summed E-state index contributed by atoms with van der Waals surface area (Å²) in [6.07, 6.45) is 1.77. The molecule has 1 aromatic carbocycles. The van der Waals surface area contributed by atoms with E-state index in [9.17, 15) is 9.18 Å². The number of rotatable bonds is 3. The number of carboxylic acid groups (broad SMARTS) is 1. The Kier molecular flexibility index (Phi) is 3.64. The maximum atomic E-state index is 14.2. The fraction of sp³-hybridized carbons (Fsp3) is 0. The predicted molar refractivity (Wildman–Crippen MR) is 78.2 cm³/mol. The van der Waals surface area contributed by atoms with E-state index < -0.39 is 11.8 Å². The number of fused-ring (bicyclic) bond motifs is 1. The number of nitrogens with zero attached hydrogens (tertiary/aromatic N) is 3. The predicted octanol–water partition coefficient (Wildman–Crippen LogP) is 3.48. The van der Waals surface area contributed by atoms with Crippen LogP contribution in [0.25, 0.3) is 5.65 Å². The first-order chi connectivity index (χ1) is 10.1. The van der Waals surface area contributed by atoms with Gasteiger partial charge in [0, 0.05) is 6.20 Å². The Morgan fingerprint density at radius 2 is 2.10 bits per heavy atom. The maximum absolute atomic E-state index is 14.2. The van der Waals surface area contributed by atoms with E-state index in [1.807, 2.05) is 12.1 Å². The van der Waals surface area contributed by atoms with E-state index in [4.69, 9.17) is 5.11 Å². The molecule has 0 aliphatic carbocycles. The molecule has 3 rings (SSSR count). The van der Waals surface area contributed by atoms with Gasteiger partial charge < -0.3 is 5.11 Å². The van der Waals surface area contributed by atoms with Crippen molar-refractivity contribution in [3.8, 4) is 0 Å². The van der Waals surface area contributed by atoms with Gasteiger partial charge in [-0.25, -0.2) is 9.18 Å². The van der Waals surface area contributed by atoms with Crippen LogP contribution in [0.4, 0.5) is 4.39 Å². The van der Waals surface area contributed by atoms with Gasteiger partial charge in [-0.1, -0.05) is 6.07 Å². The third kappa shape index (κ3) is 2.52. The van der Waals surface area contributed by atoms with Crippen molar-refractivity contribution in [2.24, 2.45) is 0 Å². The molecular formula is C13H7BrFN3O2S. The fourth-order valence-corrected chi connectivity index (χ4v) is 3.27. The van der Waals surface area contributed by atoms with E-state index in [0.717, 1.165) is 11.8 Å². The highest BCUT2D eigenvalue weighted by Gasteiger charge is 2.18. The van der Waals surface area contributed by atoms with Crippen molar-refractivity contribution in [3.05, 3.63) is 52.4 Å². The first kappa shape index (κ1) is 14.0. The molecule has 5 nitrogen and oxygen atoms in total. The minimum atomic E-state index is -1.19. The van der Waals surface area contributed by atoms with Crippen LogP contribution in [0.15, 0.2) is 51.1 Å². The molecule has 0 saturated heterocycles. The average molecular weight is 368 g/mol. The molecule has 8 heteroatoms. The largest absolute Gasteiger partial charge is 0.478 e. The van der Waals surface area contributed by atoms with Crippen LogP contribution < -0.4 is 0 Å². The van der Waals surface area contributed by atoms with Crippen LogP contribution in [-0.4, -0.2) is 25.7 Å². The van der Waals surface area contributed by atoms with Gasteiger partial charge in [-0.2, -0.15) is 0 Å². The third-order valence-electron chi connectivity index (χ3n) is 2.76. The summed E-state index contributed by atoms with van der Waals surface area (Å²) in [4.78, 5) is 11.2. The molecule has 1 N–H and O–H groups in total. The fourth-order valence-electron chi connectivity index (χ4n) is 1.76. The molecule has 0 aliphatic heterocycles. The highest BCUT2D eigenvalue weighted by molar-refractivity contribution is 9.10. The zero-order chi connectivity index (χ0) is 15.0. The van der Waals surface area contributed by atoms with Crippen molar-refractivity contribution < 1.29 is 14.3 Å². The maximum Gasteiger partial charge on any atom is 0.336 e. The Bertz CT molecular complexity index is 853. The molecule has 0 amide bonds. The molecule has 2 heterocycles. The molecule has 21 heavy (non-hydrogen) atoms. The van der Waals surface area contributed by atoms with E-state index in [-0.39, 0.29) is 14.9 Å². The molecule has 0 fully saturated rings. The molecule has 2 aromatic heterocycles. The van der Waals surface area contributed by atoms with Gasteiger partial charge in [-0.05, 0) is 52.0 Å². The lowest BCUT2D eigenvalue weighted by Crippen LogP contribution is -2.00. The summed E-state index contributed by atoms with van der Waals surface area (Å²) in [7, 11) is 0. The van der Waals surface area contributed by atoms with Crippen molar-refractivity contribution in [1.82, 2.24) is 14.6 Å². The Labute approximate surface area is 130 Å². The topological polar surface area (TPSA) is 67.5 Å². The molecule has 0 saturated carbocycles. The Balaban J connectivity index is 2.02. The summed E-state index contributed by atoms with van der Waals surface area (Å²) in [6, 6.07) is 8.20. The monoisotopic (exact) mass is 367 g/mol. The molecule has 0 spiro atoms. The summed E-state index contributed by atoms with van der Waals surface area (Å²) in [5, 5.41) is 17.4. The highest BCUT2D eigenvalue weighted by atomic mass is 79.9. The minimum Gasteiger partial charge on any atom is -0.478 e. The summed E-state index contributed by atoms with van der Waals surface area (Å²) < 4.78 is 15.9. The molecule has 0 radical (unpaired) electrons. The van der Waals surface area contributed by atoms with Gasteiger partial charge in [-0.3, -0.25) is 4.40 Å². The number of benzene rings is 1. The second-order valence-electron chi connectivity index (χ2n) is 4.06. The van der Waals surface area contributed by atoms with E-state index >= 15 is 0 Å². The van der Waals surface area contributed by atoms with Crippen LogP contribution in [0.1, 0.15) is 10.4 Å². The van der Waals surface area contributed by atoms with Crippen molar-refractivity contribution in [2.75, 3.05) is 0 Å². The normalized spacial score (nSPS) is 11.0. The molecular weight excluding hydrogens is 361 g/mol. The molecule has 0 bridgehead atoms. The third-order valence-corrected chi connectivity index (χ3v) is 4.53. The van der Waals surface area contributed by atoms with Crippen molar-refractivity contribution in [2.45, 2.75) is 10.1 Å².